The molecule has 208 valence electrons. The van der Waals surface area contributed by atoms with E-state index in [2.05, 4.69) is 168 Å². The highest BCUT2D eigenvalue weighted by molar-refractivity contribution is 6.19. The second-order valence-electron chi connectivity index (χ2n) is 11.4. The fourth-order valence-electron chi connectivity index (χ4n) is 6.76. The molecule has 0 radical (unpaired) electrons. The average molecular weight is 565 g/mol. The predicted octanol–water partition coefficient (Wildman–Crippen LogP) is 11.3. The molecule has 3 nitrogen and oxygen atoms in total. The van der Waals surface area contributed by atoms with Crippen LogP contribution in [0.1, 0.15) is 11.7 Å². The summed E-state index contributed by atoms with van der Waals surface area (Å²) in [6.07, 6.45) is 0.0211. The van der Waals surface area contributed by atoms with Crippen LogP contribution in [0.5, 0.6) is 0 Å². The summed E-state index contributed by atoms with van der Waals surface area (Å²) in [7, 11) is 0. The van der Waals surface area contributed by atoms with E-state index in [1.54, 1.807) is 0 Å². The fourth-order valence-corrected chi connectivity index (χ4v) is 6.76. The maximum absolute atomic E-state index is 6.51. The van der Waals surface area contributed by atoms with Gasteiger partial charge in [-0.25, -0.2) is 0 Å². The molecule has 1 aliphatic rings. The van der Waals surface area contributed by atoms with Crippen molar-refractivity contribution < 1.29 is 4.42 Å². The lowest BCUT2D eigenvalue weighted by Gasteiger charge is -2.27. The summed E-state index contributed by atoms with van der Waals surface area (Å²) in [6, 6.07) is 56.1. The molecule has 0 bridgehead atoms. The van der Waals surface area contributed by atoms with E-state index in [9.17, 15) is 0 Å². The molecule has 8 aromatic rings. The molecular weight excluding hydrogens is 536 g/mol. The third-order valence-electron chi connectivity index (χ3n) is 8.87. The Labute approximate surface area is 255 Å². The highest BCUT2D eigenvalue weighted by atomic mass is 16.3. The molecule has 1 unspecified atom stereocenters. The summed E-state index contributed by atoms with van der Waals surface area (Å²) in [6.45, 7) is 0. The van der Waals surface area contributed by atoms with Crippen LogP contribution in [0.2, 0.25) is 0 Å². The van der Waals surface area contributed by atoms with Gasteiger partial charge >= 0.3 is 0 Å². The maximum atomic E-state index is 6.51. The average Bonchev–Trinajstić information content (AvgIpc) is 3.67. The van der Waals surface area contributed by atoms with Crippen molar-refractivity contribution in [3.05, 3.63) is 163 Å². The second-order valence-corrected chi connectivity index (χ2v) is 11.4. The Morgan fingerprint density at radius 2 is 1.18 bits per heavy atom. The summed E-state index contributed by atoms with van der Waals surface area (Å²) in [4.78, 5) is 2.39. The molecule has 0 saturated heterocycles. The number of nitrogens with one attached hydrogen (secondary N) is 1. The molecule has 2 heterocycles. The van der Waals surface area contributed by atoms with Crippen LogP contribution in [-0.2, 0) is 0 Å². The summed E-state index contributed by atoms with van der Waals surface area (Å²) in [5, 5.41) is 8.32. The smallest absolute Gasteiger partial charge is 0.143 e. The largest absolute Gasteiger partial charge is 0.455 e. The van der Waals surface area contributed by atoms with E-state index < -0.39 is 0 Å². The summed E-state index contributed by atoms with van der Waals surface area (Å²) < 4.78 is 6.51. The van der Waals surface area contributed by atoms with E-state index >= 15 is 0 Å². The van der Waals surface area contributed by atoms with E-state index in [0.29, 0.717) is 0 Å². The van der Waals surface area contributed by atoms with Gasteiger partial charge in [0.2, 0.25) is 0 Å². The van der Waals surface area contributed by atoms with Crippen molar-refractivity contribution in [2.75, 3.05) is 10.2 Å². The lowest BCUT2D eigenvalue weighted by Crippen LogP contribution is -2.23. The Balaban J connectivity index is 1.19. The zero-order valence-corrected chi connectivity index (χ0v) is 23.9. The summed E-state index contributed by atoms with van der Waals surface area (Å²) in [5.74, 6) is 0. The topological polar surface area (TPSA) is 28.4 Å². The first kappa shape index (κ1) is 24.8. The molecule has 0 fully saturated rings. The molecule has 0 spiro atoms. The van der Waals surface area contributed by atoms with E-state index in [1.165, 1.54) is 38.9 Å². The minimum absolute atomic E-state index is 0.0211. The number of nitrogens with zero attached hydrogens (tertiary/aromatic N) is 1. The van der Waals surface area contributed by atoms with Crippen molar-refractivity contribution in [1.82, 2.24) is 0 Å². The van der Waals surface area contributed by atoms with Crippen molar-refractivity contribution in [3.8, 4) is 22.3 Å². The number of para-hydroxylation sites is 2. The van der Waals surface area contributed by atoms with Gasteiger partial charge in [0.05, 0.1) is 11.4 Å². The van der Waals surface area contributed by atoms with Crippen molar-refractivity contribution in [1.29, 1.82) is 0 Å². The molecule has 0 amide bonds. The van der Waals surface area contributed by atoms with Gasteiger partial charge in [-0.1, -0.05) is 115 Å². The number of fused-ring (bicyclic) bond motifs is 6. The number of furan rings is 1. The SMILES string of the molecule is c1ccc(-c2ccc3oc4c5ccccc5c(-c5ccc(N6c7ccccc7NC6c6ccccc6)cc5)cc4c3c2)cc1. The van der Waals surface area contributed by atoms with Crippen LogP contribution < -0.4 is 10.2 Å². The van der Waals surface area contributed by atoms with Crippen LogP contribution in [0, 0.1) is 0 Å². The molecule has 9 rings (SSSR count). The third kappa shape index (κ3) is 3.90. The van der Waals surface area contributed by atoms with Gasteiger partial charge in [-0.15, -0.1) is 0 Å². The standard InChI is InChI=1S/C41H28N2O/c1-3-11-27(12-4-1)30-21-24-39-35(25-30)36-26-34(32-15-7-8-16-33(32)40(36)44-39)28-19-22-31(23-20-28)43-38-18-10-9-17-37(38)42-41(43)29-13-5-2-6-14-29/h1-26,41-42H. The second kappa shape index (κ2) is 9.89. The quantitative estimate of drug-likeness (QED) is 0.230. The van der Waals surface area contributed by atoms with Gasteiger partial charge in [-0.05, 0) is 75.7 Å². The first-order chi connectivity index (χ1) is 21.8. The monoisotopic (exact) mass is 564 g/mol. The molecule has 1 aromatic heterocycles. The summed E-state index contributed by atoms with van der Waals surface area (Å²) >= 11 is 0. The fraction of sp³-hybridized carbons (Fsp3) is 0.0244. The first-order valence-electron chi connectivity index (χ1n) is 15.1. The molecule has 0 saturated carbocycles. The molecule has 0 aliphatic carbocycles. The van der Waals surface area contributed by atoms with Gasteiger partial charge in [-0.2, -0.15) is 0 Å². The van der Waals surface area contributed by atoms with Crippen LogP contribution >= 0.6 is 0 Å². The maximum Gasteiger partial charge on any atom is 0.143 e. The Morgan fingerprint density at radius 1 is 0.500 bits per heavy atom. The normalized spacial score (nSPS) is 14.3. The Bertz CT molecular complexity index is 2300. The minimum atomic E-state index is 0.0211. The van der Waals surface area contributed by atoms with Crippen molar-refractivity contribution in [2.24, 2.45) is 0 Å². The van der Waals surface area contributed by atoms with Gasteiger partial charge in [-0.3, -0.25) is 0 Å². The number of hydrogen-bond acceptors (Lipinski definition) is 3. The van der Waals surface area contributed by atoms with Gasteiger partial charge in [0.15, 0.2) is 0 Å². The Kier molecular flexibility index (Phi) is 5.57. The molecule has 1 aliphatic heterocycles. The Hall–Kier alpha value is -5.80. The summed E-state index contributed by atoms with van der Waals surface area (Å²) in [5.41, 5.74) is 11.3. The van der Waals surface area contributed by atoms with Crippen molar-refractivity contribution in [3.63, 3.8) is 0 Å². The molecule has 44 heavy (non-hydrogen) atoms. The van der Waals surface area contributed by atoms with Crippen molar-refractivity contribution >= 4 is 49.8 Å². The molecular formula is C41H28N2O. The van der Waals surface area contributed by atoms with E-state index in [0.717, 1.165) is 38.7 Å². The number of anilines is 3. The minimum Gasteiger partial charge on any atom is -0.455 e. The van der Waals surface area contributed by atoms with Gasteiger partial charge in [0, 0.05) is 21.8 Å². The zero-order valence-electron chi connectivity index (χ0n) is 23.9. The molecule has 1 atom stereocenters. The van der Waals surface area contributed by atoms with Crippen LogP contribution in [0.4, 0.5) is 17.1 Å². The number of rotatable bonds is 4. The lowest BCUT2D eigenvalue weighted by atomic mass is 9.94. The molecule has 1 N–H and O–H groups in total. The third-order valence-corrected chi connectivity index (χ3v) is 8.87. The van der Waals surface area contributed by atoms with Gasteiger partial charge in [0.25, 0.3) is 0 Å². The molecule has 7 aromatic carbocycles. The van der Waals surface area contributed by atoms with E-state index in [4.69, 9.17) is 4.42 Å². The zero-order chi connectivity index (χ0) is 29.0. The Morgan fingerprint density at radius 3 is 2.00 bits per heavy atom. The number of hydrogen-bond donors (Lipinski definition) is 1. The number of benzene rings is 7. The lowest BCUT2D eigenvalue weighted by molar-refractivity contribution is 0.673. The van der Waals surface area contributed by atoms with Crippen LogP contribution in [0.3, 0.4) is 0 Å². The highest BCUT2D eigenvalue weighted by Gasteiger charge is 2.30. The van der Waals surface area contributed by atoms with E-state index in [-0.39, 0.29) is 6.17 Å². The first-order valence-corrected chi connectivity index (χ1v) is 15.1. The van der Waals surface area contributed by atoms with Gasteiger partial charge < -0.3 is 14.6 Å². The van der Waals surface area contributed by atoms with Crippen LogP contribution in [0.25, 0.3) is 55.0 Å². The van der Waals surface area contributed by atoms with Crippen LogP contribution in [0.15, 0.2) is 162 Å². The van der Waals surface area contributed by atoms with Gasteiger partial charge in [0.1, 0.15) is 17.3 Å². The highest BCUT2D eigenvalue weighted by Crippen LogP contribution is 2.47. The van der Waals surface area contributed by atoms with E-state index in [1.807, 2.05) is 0 Å². The van der Waals surface area contributed by atoms with Crippen molar-refractivity contribution in [2.45, 2.75) is 6.17 Å². The molecule has 3 heteroatoms. The van der Waals surface area contributed by atoms with Crippen LogP contribution in [-0.4, -0.2) is 0 Å². The predicted molar refractivity (Wildman–Crippen MR) is 183 cm³/mol.